The maximum Gasteiger partial charge on any atom is 0.293 e. The van der Waals surface area contributed by atoms with Crippen LogP contribution in [0.3, 0.4) is 0 Å². The molecule has 172 valence electrons. The number of nitrogens with zero attached hydrogens (tertiary/aromatic N) is 1. The van der Waals surface area contributed by atoms with Crippen LogP contribution in [0.5, 0.6) is 0 Å². The van der Waals surface area contributed by atoms with Gasteiger partial charge in [-0.25, -0.2) is 13.2 Å². The highest BCUT2D eigenvalue weighted by atomic mass is 35.5. The highest BCUT2D eigenvalue weighted by Gasteiger charge is 2.57. The second-order valence-corrected chi connectivity index (χ2v) is 8.76. The number of hydrogen-bond acceptors (Lipinski definition) is 3. The highest BCUT2D eigenvalue weighted by molar-refractivity contribution is 6.44. The summed E-state index contributed by atoms with van der Waals surface area (Å²) in [5.41, 5.74) is -0.277. The molecule has 1 aliphatic carbocycles. The fourth-order valence-electron chi connectivity index (χ4n) is 4.52. The Labute approximate surface area is 192 Å². The summed E-state index contributed by atoms with van der Waals surface area (Å²) < 4.78 is 41.8. The molecule has 4 rings (SSSR count). The largest absolute Gasteiger partial charge is 0.340 e. The molecule has 2 amide bonds. The van der Waals surface area contributed by atoms with Crippen molar-refractivity contribution in [2.75, 3.05) is 5.32 Å². The zero-order valence-electron chi connectivity index (χ0n) is 17.5. The Hall–Kier alpha value is -3.25. The van der Waals surface area contributed by atoms with Gasteiger partial charge in [-0.1, -0.05) is 17.5 Å². The molecule has 1 saturated carbocycles. The van der Waals surface area contributed by atoms with Crippen molar-refractivity contribution in [3.8, 4) is 12.3 Å². The van der Waals surface area contributed by atoms with E-state index in [1.165, 1.54) is 19.1 Å². The van der Waals surface area contributed by atoms with Gasteiger partial charge in [-0.3, -0.25) is 14.4 Å². The molecule has 10 heteroatoms. The van der Waals surface area contributed by atoms with Crippen LogP contribution in [0, 0.1) is 25.1 Å². The second-order valence-electron chi connectivity index (χ2n) is 8.35. The molecule has 2 heterocycles. The van der Waals surface area contributed by atoms with E-state index >= 15 is 0 Å². The van der Waals surface area contributed by atoms with Crippen molar-refractivity contribution in [3.05, 3.63) is 51.6 Å². The molecule has 2 N–H and O–H groups in total. The van der Waals surface area contributed by atoms with Gasteiger partial charge in [0.2, 0.25) is 0 Å². The Morgan fingerprint density at radius 1 is 1.24 bits per heavy atom. The van der Waals surface area contributed by atoms with Crippen LogP contribution in [0.2, 0.25) is 5.02 Å². The minimum Gasteiger partial charge on any atom is -0.340 e. The minimum atomic E-state index is -3.00. The van der Waals surface area contributed by atoms with E-state index < -0.39 is 47.7 Å². The van der Waals surface area contributed by atoms with Gasteiger partial charge < -0.3 is 15.2 Å². The van der Waals surface area contributed by atoms with Gasteiger partial charge in [0.15, 0.2) is 0 Å². The van der Waals surface area contributed by atoms with Crippen LogP contribution in [-0.4, -0.2) is 33.6 Å². The Morgan fingerprint density at radius 2 is 1.94 bits per heavy atom. The van der Waals surface area contributed by atoms with Crippen molar-refractivity contribution in [1.82, 2.24) is 9.88 Å². The molecule has 2 aromatic rings. The van der Waals surface area contributed by atoms with Gasteiger partial charge in [-0.05, 0) is 43.5 Å². The first-order valence-electron chi connectivity index (χ1n) is 10.2. The third kappa shape index (κ3) is 4.00. The zero-order valence-corrected chi connectivity index (χ0v) is 18.3. The summed E-state index contributed by atoms with van der Waals surface area (Å²) in [4.78, 5) is 38.7. The lowest BCUT2D eigenvalue weighted by Gasteiger charge is -2.43. The molecular formula is C23H19ClF3N3O3. The number of nitrogens with one attached hydrogen (secondary N) is 2. The Kier molecular flexibility index (Phi) is 5.53. The number of carbonyl (C=O) groups excluding carboxylic acids is 3. The van der Waals surface area contributed by atoms with Gasteiger partial charge in [0, 0.05) is 30.8 Å². The van der Waals surface area contributed by atoms with Gasteiger partial charge in [0.05, 0.1) is 10.6 Å². The molecule has 1 fully saturated rings. The van der Waals surface area contributed by atoms with Crippen LogP contribution < -0.4 is 10.6 Å². The molecule has 2 aliphatic rings. The Balaban J connectivity index is 1.61. The third-order valence-corrected chi connectivity index (χ3v) is 6.28. The van der Waals surface area contributed by atoms with Gasteiger partial charge in [0.25, 0.3) is 23.5 Å². The zero-order chi connectivity index (χ0) is 24.1. The van der Waals surface area contributed by atoms with Crippen LogP contribution in [0.4, 0.5) is 18.9 Å². The molecule has 33 heavy (non-hydrogen) atoms. The van der Waals surface area contributed by atoms with Crippen molar-refractivity contribution >= 4 is 34.9 Å². The van der Waals surface area contributed by atoms with Gasteiger partial charge >= 0.3 is 0 Å². The van der Waals surface area contributed by atoms with Gasteiger partial charge in [-0.15, -0.1) is 6.42 Å². The normalized spacial score (nSPS) is 17.5. The predicted octanol–water partition coefficient (Wildman–Crippen LogP) is 3.89. The fourth-order valence-corrected chi connectivity index (χ4v) is 4.70. The lowest BCUT2D eigenvalue weighted by atomic mass is 9.74. The molecule has 0 spiro atoms. The number of rotatable bonds is 5. The van der Waals surface area contributed by atoms with E-state index in [4.69, 9.17) is 18.0 Å². The molecule has 0 saturated heterocycles. The van der Waals surface area contributed by atoms with Gasteiger partial charge in [0.1, 0.15) is 17.1 Å². The molecule has 1 aliphatic heterocycles. The van der Waals surface area contributed by atoms with E-state index in [2.05, 4.69) is 16.6 Å². The van der Waals surface area contributed by atoms with E-state index in [1.54, 1.807) is 4.57 Å². The number of carbonyl (C=O) groups is 3. The molecule has 1 aromatic carbocycles. The number of halogens is 4. The molecule has 6 nitrogen and oxygen atoms in total. The van der Waals surface area contributed by atoms with Crippen molar-refractivity contribution in [1.29, 1.82) is 0 Å². The number of fused-ring (bicyclic) bond motifs is 1. The summed E-state index contributed by atoms with van der Waals surface area (Å²) in [7, 11) is 0. The van der Waals surface area contributed by atoms with Crippen molar-refractivity contribution in [2.24, 2.45) is 0 Å². The molecular weight excluding hydrogens is 459 g/mol. The Morgan fingerprint density at radius 3 is 2.55 bits per heavy atom. The average molecular weight is 478 g/mol. The van der Waals surface area contributed by atoms with Crippen LogP contribution in [-0.2, 0) is 17.8 Å². The minimum absolute atomic E-state index is 0.0607. The standard InChI is InChI=1S/C23H19ClF3N3O3/c1-3-22(10-23(26,27)11-22)29-21(33)19(31)17-12(2)18(30-8-4-5-16(17)30)20(32)28-13-6-7-15(25)14(24)9-13/h1,6-7,9H,4-5,8,10-11H2,2H3,(H,28,32)(H,29,33). The average Bonchev–Trinajstić information content (AvgIpc) is 3.27. The molecule has 0 atom stereocenters. The number of anilines is 1. The first-order valence-corrected chi connectivity index (χ1v) is 10.6. The number of amides is 2. The molecule has 0 radical (unpaired) electrons. The van der Waals surface area contributed by atoms with Crippen LogP contribution in [0.25, 0.3) is 0 Å². The number of benzene rings is 1. The lowest BCUT2D eigenvalue weighted by Crippen LogP contribution is -2.62. The van der Waals surface area contributed by atoms with Crippen molar-refractivity contribution in [2.45, 2.75) is 50.6 Å². The molecule has 0 bridgehead atoms. The van der Waals surface area contributed by atoms with Gasteiger partial charge in [-0.2, -0.15) is 0 Å². The molecule has 0 unspecified atom stereocenters. The summed E-state index contributed by atoms with van der Waals surface area (Å²) in [6.07, 6.45) is 4.97. The number of terminal acetylenes is 1. The first kappa shape index (κ1) is 22.9. The van der Waals surface area contributed by atoms with Crippen molar-refractivity contribution < 1.29 is 27.6 Å². The van der Waals surface area contributed by atoms with Crippen LogP contribution in [0.1, 0.15) is 51.4 Å². The number of ketones is 1. The van der Waals surface area contributed by atoms with E-state index in [0.29, 0.717) is 25.1 Å². The predicted molar refractivity (Wildman–Crippen MR) is 115 cm³/mol. The Bertz CT molecular complexity index is 1240. The van der Waals surface area contributed by atoms with Crippen LogP contribution in [0.15, 0.2) is 18.2 Å². The SMILES string of the molecule is C#CC1(NC(=O)C(=O)c2c(C)c(C(=O)Nc3ccc(F)c(Cl)c3)n3c2CCC3)CC(F)(F)C1. The molecule has 1 aromatic heterocycles. The maximum atomic E-state index is 13.4. The van der Waals surface area contributed by atoms with E-state index in [-0.39, 0.29) is 27.5 Å². The highest BCUT2D eigenvalue weighted by Crippen LogP contribution is 2.45. The van der Waals surface area contributed by atoms with Crippen molar-refractivity contribution in [3.63, 3.8) is 0 Å². The summed E-state index contributed by atoms with van der Waals surface area (Å²) in [5, 5.41) is 4.73. The first-order chi connectivity index (χ1) is 15.5. The van der Waals surface area contributed by atoms with Crippen LogP contribution >= 0.6 is 11.6 Å². The maximum absolute atomic E-state index is 13.4. The number of aromatic nitrogens is 1. The fraction of sp³-hybridized carbons (Fsp3) is 0.348. The smallest absolute Gasteiger partial charge is 0.293 e. The summed E-state index contributed by atoms with van der Waals surface area (Å²) >= 11 is 5.77. The third-order valence-electron chi connectivity index (χ3n) is 5.99. The van der Waals surface area contributed by atoms with E-state index in [1.807, 2.05) is 0 Å². The van der Waals surface area contributed by atoms with E-state index in [9.17, 15) is 27.6 Å². The quantitative estimate of drug-likeness (QED) is 0.389. The second kappa shape index (κ2) is 7.96. The number of Topliss-reactive ketones (excluding diaryl/α,β-unsaturated/α-hetero) is 1. The monoisotopic (exact) mass is 477 g/mol. The van der Waals surface area contributed by atoms with E-state index in [0.717, 1.165) is 6.07 Å². The number of hydrogen-bond donors (Lipinski definition) is 2. The summed E-state index contributed by atoms with van der Waals surface area (Å²) in [6, 6.07) is 3.71. The summed E-state index contributed by atoms with van der Waals surface area (Å²) in [6.45, 7) is 1.99. The summed E-state index contributed by atoms with van der Waals surface area (Å²) in [5.74, 6) is -4.06. The topological polar surface area (TPSA) is 80.2 Å². The number of alkyl halides is 2. The lowest BCUT2D eigenvalue weighted by molar-refractivity contribution is -0.133.